The van der Waals surface area contributed by atoms with Crippen LogP contribution in [-0.2, 0) is 19.1 Å². The van der Waals surface area contributed by atoms with Gasteiger partial charge in [-0.15, -0.1) is 0 Å². The lowest BCUT2D eigenvalue weighted by molar-refractivity contribution is -0.151. The predicted molar refractivity (Wildman–Crippen MR) is 93.7 cm³/mol. The molecular formula is C16H16FNO4S2. The summed E-state index contributed by atoms with van der Waals surface area (Å²) in [6, 6.07) is 4.91. The number of halogens is 1. The van der Waals surface area contributed by atoms with Crippen LogP contribution in [0.2, 0.25) is 0 Å². The molecule has 1 aliphatic rings. The van der Waals surface area contributed by atoms with E-state index in [4.69, 9.17) is 21.7 Å². The standard InChI is InChI=1S/C16H16FNO4S2/c1-10(15(20)22-8-7-21-2)18-14(19)13(24-16(18)23)9-11-3-5-12(17)6-4-11/h3-6,9-10H,7-8H2,1-2H3/b13-9-/t10-/m1/s1. The van der Waals surface area contributed by atoms with Gasteiger partial charge in [0.2, 0.25) is 0 Å². The Morgan fingerprint density at radius 3 is 2.67 bits per heavy atom. The van der Waals surface area contributed by atoms with Crippen molar-refractivity contribution in [3.63, 3.8) is 0 Å². The fourth-order valence-electron chi connectivity index (χ4n) is 1.98. The Morgan fingerprint density at radius 1 is 1.38 bits per heavy atom. The molecule has 5 nitrogen and oxygen atoms in total. The summed E-state index contributed by atoms with van der Waals surface area (Å²) in [5.41, 5.74) is 0.673. The Balaban J connectivity index is 2.10. The first-order chi connectivity index (χ1) is 11.4. The number of rotatable bonds is 6. The van der Waals surface area contributed by atoms with Crippen molar-refractivity contribution in [2.75, 3.05) is 20.3 Å². The summed E-state index contributed by atoms with van der Waals surface area (Å²) in [5, 5.41) is 0. The molecule has 1 aromatic carbocycles. The third-order valence-corrected chi connectivity index (χ3v) is 4.58. The van der Waals surface area contributed by atoms with Gasteiger partial charge >= 0.3 is 5.97 Å². The van der Waals surface area contributed by atoms with Crippen LogP contribution in [0.4, 0.5) is 4.39 Å². The predicted octanol–water partition coefficient (Wildman–Crippen LogP) is 2.61. The Hall–Kier alpha value is -1.77. The summed E-state index contributed by atoms with van der Waals surface area (Å²) >= 11 is 6.29. The van der Waals surface area contributed by atoms with Gasteiger partial charge in [0.1, 0.15) is 22.8 Å². The van der Waals surface area contributed by atoms with E-state index in [1.165, 1.54) is 24.1 Å². The van der Waals surface area contributed by atoms with E-state index in [1.807, 2.05) is 0 Å². The van der Waals surface area contributed by atoms with E-state index < -0.39 is 12.0 Å². The van der Waals surface area contributed by atoms with Crippen LogP contribution in [0.3, 0.4) is 0 Å². The summed E-state index contributed by atoms with van der Waals surface area (Å²) in [6.07, 6.45) is 1.61. The van der Waals surface area contributed by atoms with Crippen LogP contribution < -0.4 is 0 Å². The molecule has 1 amide bonds. The van der Waals surface area contributed by atoms with Gasteiger partial charge in [0.25, 0.3) is 5.91 Å². The zero-order valence-corrected chi connectivity index (χ0v) is 14.8. The van der Waals surface area contributed by atoms with Crippen LogP contribution >= 0.6 is 24.0 Å². The van der Waals surface area contributed by atoms with Crippen molar-refractivity contribution in [3.05, 3.63) is 40.6 Å². The van der Waals surface area contributed by atoms with Crippen LogP contribution in [0.25, 0.3) is 6.08 Å². The summed E-state index contributed by atoms with van der Waals surface area (Å²) < 4.78 is 23.1. The van der Waals surface area contributed by atoms with Gasteiger partial charge < -0.3 is 9.47 Å². The number of esters is 1. The van der Waals surface area contributed by atoms with Gasteiger partial charge in [0.15, 0.2) is 0 Å². The van der Waals surface area contributed by atoms with Crippen LogP contribution in [0, 0.1) is 5.82 Å². The van der Waals surface area contributed by atoms with E-state index in [-0.39, 0.29) is 29.3 Å². The molecule has 128 valence electrons. The molecule has 0 aliphatic carbocycles. The van der Waals surface area contributed by atoms with Gasteiger partial charge in [-0.2, -0.15) is 0 Å². The molecule has 0 saturated carbocycles. The fourth-order valence-corrected chi connectivity index (χ4v) is 3.39. The van der Waals surface area contributed by atoms with E-state index in [0.717, 1.165) is 11.8 Å². The second kappa shape index (κ2) is 8.36. The minimum absolute atomic E-state index is 0.111. The largest absolute Gasteiger partial charge is 0.462 e. The first-order valence-electron chi connectivity index (χ1n) is 7.12. The maximum Gasteiger partial charge on any atom is 0.329 e. The van der Waals surface area contributed by atoms with Crippen molar-refractivity contribution in [1.29, 1.82) is 0 Å². The minimum Gasteiger partial charge on any atom is -0.462 e. The number of benzene rings is 1. The van der Waals surface area contributed by atoms with E-state index in [0.29, 0.717) is 10.5 Å². The number of carbonyl (C=O) groups excluding carboxylic acids is 2. The molecule has 24 heavy (non-hydrogen) atoms. The van der Waals surface area contributed by atoms with E-state index in [9.17, 15) is 14.0 Å². The summed E-state index contributed by atoms with van der Waals surface area (Å²) in [4.78, 5) is 26.1. The van der Waals surface area contributed by atoms with Gasteiger partial charge in [-0.3, -0.25) is 9.69 Å². The number of hydrogen-bond donors (Lipinski definition) is 0. The van der Waals surface area contributed by atoms with Crippen molar-refractivity contribution in [3.8, 4) is 0 Å². The number of hydrogen-bond acceptors (Lipinski definition) is 6. The normalized spacial score (nSPS) is 17.5. The van der Waals surface area contributed by atoms with Gasteiger partial charge in [-0.25, -0.2) is 9.18 Å². The molecule has 0 aromatic heterocycles. The van der Waals surface area contributed by atoms with E-state index in [2.05, 4.69) is 0 Å². The van der Waals surface area contributed by atoms with E-state index in [1.54, 1.807) is 25.1 Å². The van der Waals surface area contributed by atoms with Gasteiger partial charge in [-0.1, -0.05) is 36.1 Å². The number of thiocarbonyl (C=S) groups is 1. The maximum atomic E-state index is 12.9. The summed E-state index contributed by atoms with van der Waals surface area (Å²) in [6.45, 7) is 1.95. The molecule has 0 unspecified atom stereocenters. The Bertz CT molecular complexity index is 675. The van der Waals surface area contributed by atoms with E-state index >= 15 is 0 Å². The zero-order chi connectivity index (χ0) is 17.7. The van der Waals surface area contributed by atoms with Crippen molar-refractivity contribution in [2.45, 2.75) is 13.0 Å². The van der Waals surface area contributed by atoms with Crippen LogP contribution in [0.15, 0.2) is 29.2 Å². The molecule has 0 N–H and O–H groups in total. The van der Waals surface area contributed by atoms with Gasteiger partial charge in [0.05, 0.1) is 11.5 Å². The topological polar surface area (TPSA) is 55.8 Å². The number of amides is 1. The average molecular weight is 369 g/mol. The molecule has 8 heteroatoms. The first kappa shape index (κ1) is 18.6. The average Bonchev–Trinajstić information content (AvgIpc) is 2.83. The second-order valence-corrected chi connectivity index (χ2v) is 6.62. The third kappa shape index (κ3) is 4.40. The van der Waals surface area contributed by atoms with Crippen molar-refractivity contribution in [1.82, 2.24) is 4.90 Å². The molecule has 0 bridgehead atoms. The molecule has 1 aromatic rings. The Labute approximate surface area is 148 Å². The van der Waals surface area contributed by atoms with Crippen LogP contribution in [-0.4, -0.2) is 47.5 Å². The quantitative estimate of drug-likeness (QED) is 0.333. The second-order valence-electron chi connectivity index (χ2n) is 4.94. The molecule has 0 spiro atoms. The highest BCUT2D eigenvalue weighted by Crippen LogP contribution is 2.34. The summed E-state index contributed by atoms with van der Waals surface area (Å²) in [5.74, 6) is -1.27. The smallest absolute Gasteiger partial charge is 0.329 e. The molecule has 2 rings (SSSR count). The molecule has 1 saturated heterocycles. The molecule has 1 aliphatic heterocycles. The van der Waals surface area contributed by atoms with Gasteiger partial charge in [-0.05, 0) is 30.7 Å². The number of thioether (sulfide) groups is 1. The number of methoxy groups -OCH3 is 1. The third-order valence-electron chi connectivity index (χ3n) is 3.25. The minimum atomic E-state index is -0.825. The summed E-state index contributed by atoms with van der Waals surface area (Å²) in [7, 11) is 1.50. The SMILES string of the molecule is COCCOC(=O)[C@@H](C)N1C(=O)/C(=C/c2ccc(F)cc2)SC1=S. The maximum absolute atomic E-state index is 12.9. The molecule has 1 atom stereocenters. The lowest BCUT2D eigenvalue weighted by Gasteiger charge is -2.21. The number of ether oxygens (including phenoxy) is 2. The molecule has 1 fully saturated rings. The Kier molecular flexibility index (Phi) is 6.47. The van der Waals surface area contributed by atoms with Gasteiger partial charge in [0, 0.05) is 7.11 Å². The highest BCUT2D eigenvalue weighted by atomic mass is 32.2. The monoisotopic (exact) mass is 369 g/mol. The number of nitrogens with zero attached hydrogens (tertiary/aromatic N) is 1. The zero-order valence-electron chi connectivity index (χ0n) is 13.2. The number of carbonyl (C=O) groups is 2. The highest BCUT2D eigenvalue weighted by Gasteiger charge is 2.38. The van der Waals surface area contributed by atoms with Crippen molar-refractivity contribution in [2.24, 2.45) is 0 Å². The van der Waals surface area contributed by atoms with Crippen LogP contribution in [0.5, 0.6) is 0 Å². The molecular weight excluding hydrogens is 353 g/mol. The lowest BCUT2D eigenvalue weighted by atomic mass is 10.2. The molecule has 1 heterocycles. The first-order valence-corrected chi connectivity index (χ1v) is 8.34. The van der Waals surface area contributed by atoms with Crippen LogP contribution in [0.1, 0.15) is 12.5 Å². The van der Waals surface area contributed by atoms with Crippen molar-refractivity contribution < 1.29 is 23.5 Å². The lowest BCUT2D eigenvalue weighted by Crippen LogP contribution is -2.42. The fraction of sp³-hybridized carbons (Fsp3) is 0.312. The highest BCUT2D eigenvalue weighted by molar-refractivity contribution is 8.26. The van der Waals surface area contributed by atoms with Crippen molar-refractivity contribution >= 4 is 46.3 Å². The molecule has 0 radical (unpaired) electrons. The Morgan fingerprint density at radius 2 is 2.04 bits per heavy atom.